The van der Waals surface area contributed by atoms with Gasteiger partial charge in [0, 0.05) is 0 Å². The van der Waals surface area contributed by atoms with E-state index in [9.17, 15) is 18.3 Å². The van der Waals surface area contributed by atoms with Gasteiger partial charge in [-0.25, -0.2) is 0 Å². The van der Waals surface area contributed by atoms with Gasteiger partial charge in [0.15, 0.2) is 0 Å². The first-order valence-electron chi connectivity index (χ1n) is 8.47. The van der Waals surface area contributed by atoms with Gasteiger partial charge in [-0.05, 0) is 0 Å². The molecule has 3 aromatic carbocycles. The maximum atomic E-state index is 12.8. The molecule has 0 saturated carbocycles. The van der Waals surface area contributed by atoms with Gasteiger partial charge >= 0.3 is 178 Å². The molecule has 0 heterocycles. The normalized spacial score (nSPS) is 11.3. The number of hydrogen-bond acceptors (Lipinski definition) is 4. The van der Waals surface area contributed by atoms with Crippen molar-refractivity contribution in [3.05, 3.63) is 99.1 Å². The Kier molecular flexibility index (Phi) is 6.69. The molecule has 1 N–H and O–H groups in total. The summed E-state index contributed by atoms with van der Waals surface area (Å²) in [5.41, 5.74) is 1.61. The van der Waals surface area contributed by atoms with E-state index in [4.69, 9.17) is 2.51 Å². The first-order chi connectivity index (χ1) is 13.9. The van der Waals surface area contributed by atoms with Gasteiger partial charge in [0.1, 0.15) is 0 Å². The third-order valence-electron chi connectivity index (χ3n) is 3.80. The van der Waals surface area contributed by atoms with Gasteiger partial charge in [-0.3, -0.25) is 0 Å². The predicted molar refractivity (Wildman–Crippen MR) is 119 cm³/mol. The molecule has 0 radical (unpaired) electrons. The van der Waals surface area contributed by atoms with Crippen molar-refractivity contribution in [2.24, 2.45) is 0 Å². The SMILES string of the molecule is Cc1ccc(S(=O)(=O)OI(C#Cc2ccccc2)c2ccccc2C(=O)O)cc1. The van der Waals surface area contributed by atoms with E-state index in [0.717, 1.165) is 5.56 Å². The molecule has 0 spiro atoms. The van der Waals surface area contributed by atoms with Gasteiger partial charge in [0.05, 0.1) is 0 Å². The molecule has 29 heavy (non-hydrogen) atoms. The molecule has 0 aliphatic carbocycles. The number of aromatic carboxylic acids is 1. The number of halogens is 1. The number of hydrogen-bond donors (Lipinski definition) is 1. The predicted octanol–water partition coefficient (Wildman–Crippen LogP) is 4.70. The fourth-order valence-electron chi connectivity index (χ4n) is 2.33. The molecule has 0 saturated heterocycles. The summed E-state index contributed by atoms with van der Waals surface area (Å²) in [5, 5.41) is 9.52. The van der Waals surface area contributed by atoms with Crippen molar-refractivity contribution in [1.82, 2.24) is 0 Å². The van der Waals surface area contributed by atoms with Gasteiger partial charge < -0.3 is 0 Å². The van der Waals surface area contributed by atoms with Crippen molar-refractivity contribution < 1.29 is 20.8 Å². The molecule has 3 rings (SSSR count). The van der Waals surface area contributed by atoms with Gasteiger partial charge in [-0.1, -0.05) is 0 Å². The summed E-state index contributed by atoms with van der Waals surface area (Å²) in [5.74, 6) is 1.78. The van der Waals surface area contributed by atoms with Crippen LogP contribution in [0.1, 0.15) is 21.5 Å². The molecular formula is C22H17IO5S. The second-order valence-corrected chi connectivity index (χ2v) is 11.7. The van der Waals surface area contributed by atoms with E-state index in [1.54, 1.807) is 42.5 Å². The average Bonchev–Trinajstić information content (AvgIpc) is 2.72. The second-order valence-electron chi connectivity index (χ2n) is 5.95. The van der Waals surface area contributed by atoms with Crippen LogP contribution in [0.2, 0.25) is 0 Å². The van der Waals surface area contributed by atoms with Crippen molar-refractivity contribution >= 4 is 36.3 Å². The molecule has 0 atom stereocenters. The molecule has 0 amide bonds. The van der Waals surface area contributed by atoms with Crippen LogP contribution >= 0.6 is 20.2 Å². The summed E-state index contributed by atoms with van der Waals surface area (Å²) in [7, 11) is -4.10. The third-order valence-corrected chi connectivity index (χ3v) is 10.2. The Morgan fingerprint density at radius 3 is 2.21 bits per heavy atom. The number of benzene rings is 3. The Bertz CT molecular complexity index is 1180. The van der Waals surface area contributed by atoms with E-state index >= 15 is 0 Å². The van der Waals surface area contributed by atoms with Crippen LogP contribution < -0.4 is 0 Å². The first-order valence-corrected chi connectivity index (χ1v) is 12.9. The van der Waals surface area contributed by atoms with Crippen LogP contribution in [-0.4, -0.2) is 19.5 Å². The van der Waals surface area contributed by atoms with Gasteiger partial charge in [-0.2, -0.15) is 0 Å². The summed E-state index contributed by atoms with van der Waals surface area (Å²) in [4.78, 5) is 11.7. The summed E-state index contributed by atoms with van der Waals surface area (Å²) >= 11 is -3.21. The Balaban J connectivity index is 2.05. The molecule has 0 bridgehead atoms. The second kappa shape index (κ2) is 9.22. The van der Waals surface area contributed by atoms with E-state index < -0.39 is 36.3 Å². The van der Waals surface area contributed by atoms with Crippen LogP contribution in [-0.2, 0) is 12.6 Å². The van der Waals surface area contributed by atoms with Crippen molar-refractivity contribution in [3.63, 3.8) is 0 Å². The minimum absolute atomic E-state index is 0.000771. The van der Waals surface area contributed by atoms with E-state index in [0.29, 0.717) is 9.13 Å². The Morgan fingerprint density at radius 2 is 1.55 bits per heavy atom. The Hall–Kier alpha value is -2.67. The zero-order valence-electron chi connectivity index (χ0n) is 15.4. The molecule has 5 nitrogen and oxygen atoms in total. The molecule has 0 unspecified atom stereocenters. The molecule has 7 heteroatoms. The van der Waals surface area contributed by atoms with Crippen LogP contribution in [0.15, 0.2) is 83.8 Å². The van der Waals surface area contributed by atoms with Crippen molar-refractivity contribution in [2.75, 3.05) is 0 Å². The molecule has 0 aliphatic heterocycles. The zero-order valence-corrected chi connectivity index (χ0v) is 18.3. The minimum atomic E-state index is -4.10. The summed E-state index contributed by atoms with van der Waals surface area (Å²) in [6.45, 7) is 1.85. The average molecular weight is 520 g/mol. The van der Waals surface area contributed by atoms with Crippen LogP contribution in [0.5, 0.6) is 0 Å². The maximum absolute atomic E-state index is 12.8. The van der Waals surface area contributed by atoms with Crippen LogP contribution in [0.4, 0.5) is 0 Å². The van der Waals surface area contributed by atoms with Gasteiger partial charge in [0.2, 0.25) is 0 Å². The topological polar surface area (TPSA) is 80.7 Å². The van der Waals surface area contributed by atoms with Crippen molar-refractivity contribution in [3.8, 4) is 9.85 Å². The summed E-state index contributed by atoms with van der Waals surface area (Å²) in [6.07, 6.45) is 0. The molecule has 0 aromatic heterocycles. The molecule has 0 fully saturated rings. The van der Waals surface area contributed by atoms with Crippen LogP contribution in [0, 0.1) is 20.3 Å². The number of carboxylic acid groups (broad SMARTS) is 1. The Morgan fingerprint density at radius 1 is 0.931 bits per heavy atom. The Labute approximate surface area is 177 Å². The van der Waals surface area contributed by atoms with Crippen molar-refractivity contribution in [1.29, 1.82) is 0 Å². The van der Waals surface area contributed by atoms with Gasteiger partial charge in [-0.15, -0.1) is 0 Å². The van der Waals surface area contributed by atoms with E-state index in [-0.39, 0.29) is 10.5 Å². The van der Waals surface area contributed by atoms with Gasteiger partial charge in [0.25, 0.3) is 0 Å². The molecule has 0 aliphatic rings. The van der Waals surface area contributed by atoms with E-state index in [2.05, 4.69) is 9.85 Å². The van der Waals surface area contributed by atoms with E-state index in [1.165, 1.54) is 18.2 Å². The number of carboxylic acids is 1. The van der Waals surface area contributed by atoms with E-state index in [1.807, 2.05) is 25.1 Å². The van der Waals surface area contributed by atoms with Crippen molar-refractivity contribution in [2.45, 2.75) is 11.8 Å². The first kappa shape index (κ1) is 21.0. The standard InChI is InChI=1S/C22H17IO5S/c1-17-11-13-19(14-12-17)29(26,27)28-23(16-15-18-7-3-2-4-8-18)21-10-6-5-9-20(21)22(24)25/h2-14H,1H3,(H,24,25). The number of carbonyl (C=O) groups is 1. The van der Waals surface area contributed by atoms with Crippen LogP contribution in [0.25, 0.3) is 0 Å². The third kappa shape index (κ3) is 5.44. The quantitative estimate of drug-likeness (QED) is 0.390. The zero-order chi connectivity index (χ0) is 20.9. The summed E-state index contributed by atoms with van der Waals surface area (Å²) < 4.78 is 34.4. The molecule has 3 aromatic rings. The molecule has 148 valence electrons. The fourth-order valence-corrected chi connectivity index (χ4v) is 8.35. The fraction of sp³-hybridized carbons (Fsp3) is 0.0455. The molecular weight excluding hydrogens is 503 g/mol. The number of rotatable bonds is 5. The monoisotopic (exact) mass is 520 g/mol. The summed E-state index contributed by atoms with van der Waals surface area (Å²) in [6, 6.07) is 21.6. The van der Waals surface area contributed by atoms with Crippen LogP contribution in [0.3, 0.4) is 0 Å². The number of aryl methyl sites for hydroxylation is 1.